The van der Waals surface area contributed by atoms with Crippen molar-refractivity contribution >= 4 is 0 Å². The molecular formula is C21H22N2O4. The lowest BCUT2D eigenvalue weighted by Crippen LogP contribution is -2.13. The minimum absolute atomic E-state index is 0.249. The number of benzene rings is 2. The second kappa shape index (κ2) is 12.5. The van der Waals surface area contributed by atoms with Crippen molar-refractivity contribution in [3.05, 3.63) is 65.2 Å². The number of hydrogen-bond acceptors (Lipinski definition) is 6. The fraction of sp³-hybridized carbons (Fsp3) is 0.333. The molecule has 2 aromatic carbocycles. The molecular weight excluding hydrogens is 344 g/mol. The van der Waals surface area contributed by atoms with E-state index in [0.29, 0.717) is 57.6 Å². The van der Waals surface area contributed by atoms with Crippen LogP contribution in [0.1, 0.15) is 16.7 Å². The van der Waals surface area contributed by atoms with Gasteiger partial charge in [-0.2, -0.15) is 10.5 Å². The molecule has 0 aliphatic rings. The first-order valence-electron chi connectivity index (χ1n) is 8.68. The molecule has 0 N–H and O–H groups in total. The largest absolute Gasteiger partial charge is 0.490 e. The second-order valence-corrected chi connectivity index (χ2v) is 5.51. The van der Waals surface area contributed by atoms with Gasteiger partial charge in [0.25, 0.3) is 0 Å². The minimum atomic E-state index is 0.249. The number of hydrogen-bond donors (Lipinski definition) is 0. The Hall–Kier alpha value is -2.90. The molecule has 0 saturated carbocycles. The Labute approximate surface area is 159 Å². The highest BCUT2D eigenvalue weighted by molar-refractivity contribution is 5.53. The Morgan fingerprint density at radius 2 is 1.33 bits per heavy atom. The van der Waals surface area contributed by atoms with Crippen molar-refractivity contribution in [3.8, 4) is 17.9 Å². The molecule has 0 unspecified atom stereocenters. The predicted octanol–water partition coefficient (Wildman–Crippen LogP) is 3.06. The molecule has 0 bridgehead atoms. The number of rotatable bonds is 12. The molecule has 0 amide bonds. The van der Waals surface area contributed by atoms with E-state index in [2.05, 4.69) is 0 Å². The molecule has 6 heteroatoms. The summed E-state index contributed by atoms with van der Waals surface area (Å²) < 4.78 is 21.9. The van der Waals surface area contributed by atoms with E-state index in [0.717, 1.165) is 5.56 Å². The van der Waals surface area contributed by atoms with Gasteiger partial charge in [-0.1, -0.05) is 36.4 Å². The van der Waals surface area contributed by atoms with E-state index in [-0.39, 0.29) is 5.56 Å². The SMILES string of the molecule is N#Cc1cccc(OCCOCCOCCOCc2ccccc2)c1C#N. The van der Waals surface area contributed by atoms with Crippen LogP contribution < -0.4 is 4.74 Å². The maximum atomic E-state index is 9.12. The smallest absolute Gasteiger partial charge is 0.138 e. The average molecular weight is 366 g/mol. The molecule has 2 aromatic rings. The third kappa shape index (κ3) is 7.47. The van der Waals surface area contributed by atoms with E-state index in [9.17, 15) is 0 Å². The first-order chi connectivity index (χ1) is 13.3. The molecule has 6 nitrogen and oxygen atoms in total. The van der Waals surface area contributed by atoms with Crippen LogP contribution in [0.5, 0.6) is 5.75 Å². The molecule has 0 fully saturated rings. The fourth-order valence-corrected chi connectivity index (χ4v) is 2.27. The summed E-state index contributed by atoms with van der Waals surface area (Å²) in [4.78, 5) is 0. The first kappa shape index (κ1) is 20.4. The monoisotopic (exact) mass is 366 g/mol. The molecule has 0 atom stereocenters. The van der Waals surface area contributed by atoms with E-state index in [4.69, 9.17) is 29.5 Å². The van der Waals surface area contributed by atoms with Gasteiger partial charge < -0.3 is 18.9 Å². The summed E-state index contributed by atoms with van der Waals surface area (Å²) in [6.45, 7) is 3.21. The van der Waals surface area contributed by atoms with Crippen molar-refractivity contribution in [2.75, 3.05) is 39.6 Å². The topological polar surface area (TPSA) is 84.5 Å². The van der Waals surface area contributed by atoms with Crippen LogP contribution in [0.15, 0.2) is 48.5 Å². The summed E-state index contributed by atoms with van der Waals surface area (Å²) in [5.74, 6) is 0.395. The van der Waals surface area contributed by atoms with Crippen molar-refractivity contribution in [3.63, 3.8) is 0 Å². The summed E-state index contributed by atoms with van der Waals surface area (Å²) in [5, 5.41) is 18.1. The van der Waals surface area contributed by atoms with Gasteiger partial charge in [0.15, 0.2) is 0 Å². The highest BCUT2D eigenvalue weighted by Crippen LogP contribution is 2.20. The van der Waals surface area contributed by atoms with Crippen LogP contribution >= 0.6 is 0 Å². The molecule has 0 saturated heterocycles. The van der Waals surface area contributed by atoms with Crippen LogP contribution in [0.2, 0.25) is 0 Å². The zero-order valence-electron chi connectivity index (χ0n) is 15.1. The first-order valence-corrected chi connectivity index (χ1v) is 8.68. The summed E-state index contributed by atoms with van der Waals surface area (Å²) in [5.41, 5.74) is 1.69. The van der Waals surface area contributed by atoms with E-state index in [1.54, 1.807) is 18.2 Å². The Kier molecular flexibility index (Phi) is 9.41. The summed E-state index contributed by atoms with van der Waals surface area (Å²) in [6.07, 6.45) is 0. The lowest BCUT2D eigenvalue weighted by molar-refractivity contribution is 0.00596. The van der Waals surface area contributed by atoms with Gasteiger partial charge >= 0.3 is 0 Å². The van der Waals surface area contributed by atoms with Gasteiger partial charge in [0.2, 0.25) is 0 Å². The molecule has 0 radical (unpaired) electrons. The van der Waals surface area contributed by atoms with Crippen LogP contribution in [0, 0.1) is 22.7 Å². The van der Waals surface area contributed by atoms with E-state index >= 15 is 0 Å². The predicted molar refractivity (Wildman–Crippen MR) is 99.1 cm³/mol. The van der Waals surface area contributed by atoms with Gasteiger partial charge in [0, 0.05) is 0 Å². The molecule has 27 heavy (non-hydrogen) atoms. The van der Waals surface area contributed by atoms with Crippen molar-refractivity contribution < 1.29 is 18.9 Å². The minimum Gasteiger partial charge on any atom is -0.490 e. The Morgan fingerprint density at radius 3 is 2.00 bits per heavy atom. The highest BCUT2D eigenvalue weighted by atomic mass is 16.6. The van der Waals surface area contributed by atoms with Crippen molar-refractivity contribution in [2.24, 2.45) is 0 Å². The Morgan fingerprint density at radius 1 is 0.667 bits per heavy atom. The van der Waals surface area contributed by atoms with Crippen LogP contribution in [-0.4, -0.2) is 39.6 Å². The summed E-state index contributed by atoms with van der Waals surface area (Å²) >= 11 is 0. The quantitative estimate of drug-likeness (QED) is 0.537. The standard InChI is InChI=1S/C21H22N2O4/c22-15-19-7-4-8-21(20(19)16-23)27-14-13-25-10-9-24-11-12-26-17-18-5-2-1-3-6-18/h1-8H,9-14,17H2. The average Bonchev–Trinajstić information content (AvgIpc) is 2.72. The molecule has 0 aliphatic carbocycles. The normalized spacial score (nSPS) is 10.1. The van der Waals surface area contributed by atoms with E-state index in [1.165, 1.54) is 0 Å². The molecule has 2 rings (SSSR count). The van der Waals surface area contributed by atoms with E-state index < -0.39 is 0 Å². The second-order valence-electron chi connectivity index (χ2n) is 5.51. The molecule has 0 spiro atoms. The fourth-order valence-electron chi connectivity index (χ4n) is 2.27. The maximum absolute atomic E-state index is 9.12. The summed E-state index contributed by atoms with van der Waals surface area (Å²) in [7, 11) is 0. The number of nitriles is 2. The van der Waals surface area contributed by atoms with Crippen molar-refractivity contribution in [1.82, 2.24) is 0 Å². The zero-order valence-corrected chi connectivity index (χ0v) is 15.1. The third-order valence-corrected chi connectivity index (χ3v) is 3.60. The lowest BCUT2D eigenvalue weighted by atomic mass is 10.1. The van der Waals surface area contributed by atoms with Crippen LogP contribution in [0.25, 0.3) is 0 Å². The van der Waals surface area contributed by atoms with Crippen LogP contribution in [0.3, 0.4) is 0 Å². The Bertz CT molecular complexity index is 766. The van der Waals surface area contributed by atoms with Gasteiger partial charge in [0.1, 0.15) is 30.1 Å². The Balaban J connectivity index is 1.47. The van der Waals surface area contributed by atoms with Gasteiger partial charge in [-0.15, -0.1) is 0 Å². The van der Waals surface area contributed by atoms with Gasteiger partial charge in [-0.25, -0.2) is 0 Å². The molecule has 140 valence electrons. The third-order valence-electron chi connectivity index (χ3n) is 3.60. The highest BCUT2D eigenvalue weighted by Gasteiger charge is 2.08. The van der Waals surface area contributed by atoms with Crippen LogP contribution in [0.4, 0.5) is 0 Å². The molecule has 0 aliphatic heterocycles. The van der Waals surface area contributed by atoms with Crippen LogP contribution in [-0.2, 0) is 20.8 Å². The van der Waals surface area contributed by atoms with Crippen molar-refractivity contribution in [1.29, 1.82) is 10.5 Å². The number of ether oxygens (including phenoxy) is 4. The molecule has 0 aromatic heterocycles. The van der Waals surface area contributed by atoms with Crippen molar-refractivity contribution in [2.45, 2.75) is 6.61 Å². The van der Waals surface area contributed by atoms with Gasteiger partial charge in [-0.3, -0.25) is 0 Å². The molecule has 0 heterocycles. The zero-order chi connectivity index (χ0) is 19.2. The number of nitrogens with zero attached hydrogens (tertiary/aromatic N) is 2. The van der Waals surface area contributed by atoms with Gasteiger partial charge in [0.05, 0.1) is 45.2 Å². The lowest BCUT2D eigenvalue weighted by Gasteiger charge is -2.09. The maximum Gasteiger partial charge on any atom is 0.138 e. The van der Waals surface area contributed by atoms with E-state index in [1.807, 2.05) is 42.5 Å². The van der Waals surface area contributed by atoms with Gasteiger partial charge in [-0.05, 0) is 17.7 Å². The summed E-state index contributed by atoms with van der Waals surface area (Å²) in [6, 6.07) is 18.9.